The summed E-state index contributed by atoms with van der Waals surface area (Å²) in [5, 5.41) is 0. The largest absolute Gasteiger partial charge is 0.293 e. The Kier molecular flexibility index (Phi) is 4.18. The summed E-state index contributed by atoms with van der Waals surface area (Å²) in [6.07, 6.45) is 0. The number of ketones is 1. The van der Waals surface area contributed by atoms with Crippen LogP contribution in [0, 0.1) is 18.6 Å². The predicted molar refractivity (Wildman–Crippen MR) is 73.9 cm³/mol. The smallest absolute Gasteiger partial charge is 0.186 e. The van der Waals surface area contributed by atoms with Gasteiger partial charge >= 0.3 is 0 Å². The lowest BCUT2D eigenvalue weighted by atomic mass is 10.1. The van der Waals surface area contributed by atoms with Gasteiger partial charge in [-0.2, -0.15) is 0 Å². The number of aryl methyl sites for hydroxylation is 1. The summed E-state index contributed by atoms with van der Waals surface area (Å²) in [7, 11) is -3.88. The fraction of sp³-hybridized carbons (Fsp3) is 0.133. The number of sulfone groups is 1. The molecule has 0 atom stereocenters. The Hall–Kier alpha value is -2.08. The molecule has 2 aromatic carbocycles. The zero-order valence-corrected chi connectivity index (χ0v) is 12.0. The Morgan fingerprint density at radius 3 is 2.38 bits per heavy atom. The van der Waals surface area contributed by atoms with Crippen molar-refractivity contribution in [1.82, 2.24) is 0 Å². The second-order valence-corrected chi connectivity index (χ2v) is 6.53. The maximum Gasteiger partial charge on any atom is 0.186 e. The molecule has 0 fully saturated rings. The van der Waals surface area contributed by atoms with E-state index in [-0.39, 0.29) is 4.90 Å². The molecular formula is C15H12F2O3S. The van der Waals surface area contributed by atoms with Gasteiger partial charge in [-0.05, 0) is 30.7 Å². The van der Waals surface area contributed by atoms with E-state index in [4.69, 9.17) is 0 Å². The summed E-state index contributed by atoms with van der Waals surface area (Å²) in [6, 6.07) is 8.62. The summed E-state index contributed by atoms with van der Waals surface area (Å²) in [6.45, 7) is 1.61. The number of hydrogen-bond donors (Lipinski definition) is 0. The third-order valence-corrected chi connectivity index (χ3v) is 4.75. The number of rotatable bonds is 4. The molecular weight excluding hydrogens is 298 g/mol. The van der Waals surface area contributed by atoms with Crippen molar-refractivity contribution in [2.45, 2.75) is 11.8 Å². The van der Waals surface area contributed by atoms with Crippen molar-refractivity contribution < 1.29 is 22.0 Å². The third kappa shape index (κ3) is 3.33. The molecule has 0 saturated heterocycles. The van der Waals surface area contributed by atoms with E-state index in [0.29, 0.717) is 11.6 Å². The second-order valence-electron chi connectivity index (χ2n) is 4.57. The molecule has 0 aliphatic heterocycles. The second kappa shape index (κ2) is 5.73. The molecule has 2 rings (SSSR count). The van der Waals surface area contributed by atoms with E-state index in [1.54, 1.807) is 25.1 Å². The summed E-state index contributed by atoms with van der Waals surface area (Å²) in [5.41, 5.74) is 0.0680. The van der Waals surface area contributed by atoms with Gasteiger partial charge in [0.25, 0.3) is 0 Å². The lowest BCUT2D eigenvalue weighted by Gasteiger charge is -2.07. The quantitative estimate of drug-likeness (QED) is 0.816. The van der Waals surface area contributed by atoms with E-state index >= 15 is 0 Å². The first kappa shape index (κ1) is 15.3. The highest BCUT2D eigenvalue weighted by molar-refractivity contribution is 7.92. The lowest BCUT2D eigenvalue weighted by molar-refractivity contribution is 0.101. The van der Waals surface area contributed by atoms with E-state index in [2.05, 4.69) is 0 Å². The summed E-state index contributed by atoms with van der Waals surface area (Å²) < 4.78 is 50.7. The minimum Gasteiger partial charge on any atom is -0.293 e. The lowest BCUT2D eigenvalue weighted by Crippen LogP contribution is -2.18. The van der Waals surface area contributed by atoms with Gasteiger partial charge in [-0.1, -0.05) is 18.2 Å². The molecule has 0 heterocycles. The van der Waals surface area contributed by atoms with Crippen molar-refractivity contribution in [3.05, 3.63) is 65.2 Å². The van der Waals surface area contributed by atoms with E-state index in [0.717, 1.165) is 12.1 Å². The van der Waals surface area contributed by atoms with E-state index in [1.165, 1.54) is 6.07 Å². The van der Waals surface area contributed by atoms with Crippen LogP contribution < -0.4 is 0 Å². The molecule has 6 heteroatoms. The summed E-state index contributed by atoms with van der Waals surface area (Å²) >= 11 is 0. The van der Waals surface area contributed by atoms with Gasteiger partial charge < -0.3 is 0 Å². The van der Waals surface area contributed by atoms with Gasteiger partial charge in [0.15, 0.2) is 15.6 Å². The molecule has 0 radical (unpaired) electrons. The minimum absolute atomic E-state index is 0.0286. The first-order valence-corrected chi connectivity index (χ1v) is 7.73. The van der Waals surface area contributed by atoms with Crippen LogP contribution in [-0.4, -0.2) is 20.0 Å². The van der Waals surface area contributed by atoms with Crippen molar-refractivity contribution in [2.24, 2.45) is 0 Å². The molecule has 0 N–H and O–H groups in total. The number of carbonyl (C=O) groups is 1. The first-order valence-electron chi connectivity index (χ1n) is 6.08. The molecule has 0 aliphatic carbocycles. The number of Topliss-reactive ketones (excluding diaryl/α,β-unsaturated/α-hetero) is 1. The van der Waals surface area contributed by atoms with Crippen LogP contribution >= 0.6 is 0 Å². The fourth-order valence-corrected chi connectivity index (χ4v) is 3.45. The summed E-state index contributed by atoms with van der Waals surface area (Å²) in [4.78, 5) is 12.0. The van der Waals surface area contributed by atoms with Crippen LogP contribution in [0.1, 0.15) is 15.9 Å². The molecule has 0 amide bonds. The molecule has 0 spiro atoms. The van der Waals surface area contributed by atoms with Crippen LogP contribution in [0.2, 0.25) is 0 Å². The highest BCUT2D eigenvalue weighted by Gasteiger charge is 2.23. The highest BCUT2D eigenvalue weighted by atomic mass is 32.2. The highest BCUT2D eigenvalue weighted by Crippen LogP contribution is 2.18. The Morgan fingerprint density at radius 1 is 1.10 bits per heavy atom. The number of halogens is 2. The van der Waals surface area contributed by atoms with Gasteiger partial charge in [0.2, 0.25) is 0 Å². The standard InChI is InChI=1S/C15H12F2O3S/c1-10-4-2-3-5-15(10)21(19,20)9-14(18)12-7-6-11(16)8-13(12)17/h2-8H,9H2,1H3. The fourth-order valence-electron chi connectivity index (χ4n) is 1.95. The van der Waals surface area contributed by atoms with Crippen LogP contribution in [0.5, 0.6) is 0 Å². The molecule has 0 saturated carbocycles. The molecule has 2 aromatic rings. The number of hydrogen-bond acceptors (Lipinski definition) is 3. The van der Waals surface area contributed by atoms with Crippen molar-refractivity contribution in [2.75, 3.05) is 5.75 Å². The number of benzene rings is 2. The van der Waals surface area contributed by atoms with Crippen LogP contribution in [0.15, 0.2) is 47.4 Å². The molecule has 0 aromatic heterocycles. The van der Waals surface area contributed by atoms with Crippen LogP contribution in [0.3, 0.4) is 0 Å². The predicted octanol–water partition coefficient (Wildman–Crippen LogP) is 2.93. The van der Waals surface area contributed by atoms with Gasteiger partial charge in [-0.3, -0.25) is 4.79 Å². The monoisotopic (exact) mass is 310 g/mol. The molecule has 21 heavy (non-hydrogen) atoms. The normalized spacial score (nSPS) is 11.4. The Labute approximate surface area is 121 Å². The Morgan fingerprint density at radius 2 is 1.76 bits per heavy atom. The Bertz CT molecular complexity index is 798. The molecule has 0 bridgehead atoms. The van der Waals surface area contributed by atoms with Crippen LogP contribution in [-0.2, 0) is 9.84 Å². The zero-order chi connectivity index (χ0) is 15.6. The zero-order valence-electron chi connectivity index (χ0n) is 11.1. The maximum absolute atomic E-state index is 13.5. The number of carbonyl (C=O) groups excluding carboxylic acids is 1. The van der Waals surface area contributed by atoms with E-state index in [9.17, 15) is 22.0 Å². The topological polar surface area (TPSA) is 51.2 Å². The maximum atomic E-state index is 13.5. The van der Waals surface area contributed by atoms with Crippen molar-refractivity contribution in [3.8, 4) is 0 Å². The van der Waals surface area contributed by atoms with Gasteiger partial charge in [0.05, 0.1) is 10.5 Å². The molecule has 0 aliphatic rings. The molecule has 3 nitrogen and oxygen atoms in total. The first-order chi connectivity index (χ1) is 9.81. The molecule has 0 unspecified atom stereocenters. The Balaban J connectivity index is 2.33. The van der Waals surface area contributed by atoms with Gasteiger partial charge in [0, 0.05) is 6.07 Å². The van der Waals surface area contributed by atoms with Crippen molar-refractivity contribution in [1.29, 1.82) is 0 Å². The third-order valence-electron chi connectivity index (χ3n) is 2.98. The van der Waals surface area contributed by atoms with Gasteiger partial charge in [0.1, 0.15) is 17.4 Å². The van der Waals surface area contributed by atoms with Gasteiger partial charge in [-0.15, -0.1) is 0 Å². The molecule has 110 valence electrons. The summed E-state index contributed by atoms with van der Waals surface area (Å²) in [5.74, 6) is -3.66. The average molecular weight is 310 g/mol. The van der Waals surface area contributed by atoms with Gasteiger partial charge in [-0.25, -0.2) is 17.2 Å². The van der Waals surface area contributed by atoms with Crippen LogP contribution in [0.4, 0.5) is 8.78 Å². The van der Waals surface area contributed by atoms with Crippen molar-refractivity contribution >= 4 is 15.6 Å². The minimum atomic E-state index is -3.88. The van der Waals surface area contributed by atoms with Crippen molar-refractivity contribution in [3.63, 3.8) is 0 Å². The van der Waals surface area contributed by atoms with Crippen LogP contribution in [0.25, 0.3) is 0 Å². The van der Waals surface area contributed by atoms with E-state index in [1.807, 2.05) is 0 Å². The SMILES string of the molecule is Cc1ccccc1S(=O)(=O)CC(=O)c1ccc(F)cc1F. The van der Waals surface area contributed by atoms with E-state index < -0.39 is 38.6 Å². The average Bonchev–Trinajstić information content (AvgIpc) is 2.38.